The molecule has 0 fully saturated rings. The number of rotatable bonds is 5. The average Bonchev–Trinajstić information content (AvgIpc) is 3.28. The van der Waals surface area contributed by atoms with E-state index in [1.807, 2.05) is 80.6 Å². The lowest BCUT2D eigenvalue weighted by molar-refractivity contribution is 0.0971. The molecule has 0 saturated carbocycles. The van der Waals surface area contributed by atoms with E-state index >= 15 is 0 Å². The number of fused-ring (bicyclic) bond motifs is 3. The molecule has 0 atom stereocenters. The van der Waals surface area contributed by atoms with E-state index in [0.29, 0.717) is 28.3 Å². The average molecular weight is 438 g/mol. The topological polar surface area (TPSA) is 78.5 Å². The normalized spacial score (nSPS) is 11.2. The van der Waals surface area contributed by atoms with Gasteiger partial charge >= 0.3 is 5.69 Å². The van der Waals surface area contributed by atoms with Crippen LogP contribution in [-0.2, 0) is 6.54 Å². The third-order valence-corrected chi connectivity index (χ3v) is 5.77. The molecule has 0 unspecified atom stereocenters. The van der Waals surface area contributed by atoms with Gasteiger partial charge in [-0.15, -0.1) is 5.10 Å². The van der Waals surface area contributed by atoms with Crippen LogP contribution < -0.4 is 10.4 Å². The zero-order chi connectivity index (χ0) is 23.1. The number of hydrogen-bond acceptors (Lipinski definition) is 5. The number of aromatic nitrogens is 4. The highest BCUT2D eigenvalue weighted by molar-refractivity contribution is 5.99. The first-order valence-corrected chi connectivity index (χ1v) is 10.6. The van der Waals surface area contributed by atoms with Crippen LogP contribution in [0.25, 0.3) is 27.9 Å². The monoisotopic (exact) mass is 438 g/mol. The number of ketones is 1. The Morgan fingerprint density at radius 2 is 1.82 bits per heavy atom. The summed E-state index contributed by atoms with van der Waals surface area (Å²) in [5.74, 6) is 0.953. The fourth-order valence-electron chi connectivity index (χ4n) is 4.13. The molecule has 5 aromatic rings. The van der Waals surface area contributed by atoms with Crippen LogP contribution in [0.3, 0.4) is 0 Å². The van der Waals surface area contributed by atoms with Crippen molar-refractivity contribution in [1.29, 1.82) is 0 Å². The summed E-state index contributed by atoms with van der Waals surface area (Å²) < 4.78 is 8.04. The van der Waals surface area contributed by atoms with E-state index in [1.165, 1.54) is 9.08 Å². The number of para-hydroxylation sites is 1. The summed E-state index contributed by atoms with van der Waals surface area (Å²) in [5, 5.41) is 5.23. The van der Waals surface area contributed by atoms with Crippen LogP contribution in [0.5, 0.6) is 5.75 Å². The molecule has 0 aliphatic carbocycles. The number of carbonyl (C=O) groups is 1. The molecule has 7 heteroatoms. The Bertz CT molecular complexity index is 1600. The lowest BCUT2D eigenvalue weighted by atomic mass is 10.0. The van der Waals surface area contributed by atoms with Crippen LogP contribution >= 0.6 is 0 Å². The summed E-state index contributed by atoms with van der Waals surface area (Å²) in [5.41, 5.74) is 3.98. The second-order valence-corrected chi connectivity index (χ2v) is 8.03. The molecule has 0 aliphatic heterocycles. The lowest BCUT2D eigenvalue weighted by Gasteiger charge is -2.11. The summed E-state index contributed by atoms with van der Waals surface area (Å²) >= 11 is 0. The zero-order valence-electron chi connectivity index (χ0n) is 18.6. The second-order valence-electron chi connectivity index (χ2n) is 8.03. The van der Waals surface area contributed by atoms with Gasteiger partial charge in [0.15, 0.2) is 17.3 Å². The first-order valence-electron chi connectivity index (χ1n) is 10.6. The molecule has 164 valence electrons. The zero-order valence-corrected chi connectivity index (χ0v) is 18.6. The molecule has 2 aromatic heterocycles. The summed E-state index contributed by atoms with van der Waals surface area (Å²) in [7, 11) is 1.59. The quantitative estimate of drug-likeness (QED) is 0.384. The predicted octanol–water partition coefficient (Wildman–Crippen LogP) is 4.22. The summed E-state index contributed by atoms with van der Waals surface area (Å²) in [6.07, 6.45) is 0. The fourth-order valence-corrected chi connectivity index (χ4v) is 4.13. The van der Waals surface area contributed by atoms with E-state index in [1.54, 1.807) is 7.11 Å². The third-order valence-electron chi connectivity index (χ3n) is 5.77. The number of carbonyl (C=O) groups excluding carboxylic acids is 1. The minimum atomic E-state index is -0.413. The van der Waals surface area contributed by atoms with E-state index in [2.05, 4.69) is 10.1 Å². The Balaban J connectivity index is 1.68. The molecule has 0 radical (unpaired) electrons. The highest BCUT2D eigenvalue weighted by Gasteiger charge is 2.19. The van der Waals surface area contributed by atoms with Crippen molar-refractivity contribution in [3.63, 3.8) is 0 Å². The van der Waals surface area contributed by atoms with Gasteiger partial charge in [-0.3, -0.25) is 9.36 Å². The standard InChI is InChI=1S/C26H22N4O3/c1-16-11-12-20(17(2)13-16)23(31)15-29-22-10-5-4-9-21(22)25-27-24(28-30(25)26(29)32)18-7-6-8-19(14-18)33-3/h4-14H,15H2,1-3H3. The predicted molar refractivity (Wildman–Crippen MR) is 127 cm³/mol. The van der Waals surface area contributed by atoms with Crippen LogP contribution in [-0.4, -0.2) is 32.1 Å². The summed E-state index contributed by atoms with van der Waals surface area (Å²) in [6, 6.07) is 20.5. The van der Waals surface area contributed by atoms with E-state index in [9.17, 15) is 9.59 Å². The van der Waals surface area contributed by atoms with E-state index in [0.717, 1.165) is 22.1 Å². The number of aryl methyl sites for hydroxylation is 2. The molecule has 3 aromatic carbocycles. The van der Waals surface area contributed by atoms with Gasteiger partial charge in [-0.2, -0.15) is 4.52 Å². The van der Waals surface area contributed by atoms with E-state index in [-0.39, 0.29) is 12.3 Å². The minimum absolute atomic E-state index is 0.0897. The lowest BCUT2D eigenvalue weighted by Crippen LogP contribution is -2.30. The van der Waals surface area contributed by atoms with Gasteiger partial charge in [0.2, 0.25) is 0 Å². The van der Waals surface area contributed by atoms with Crippen molar-refractivity contribution >= 4 is 22.3 Å². The molecule has 0 amide bonds. The van der Waals surface area contributed by atoms with Crippen LogP contribution in [0.1, 0.15) is 21.5 Å². The molecule has 0 bridgehead atoms. The molecule has 5 rings (SSSR count). The van der Waals surface area contributed by atoms with Gasteiger partial charge in [0.05, 0.1) is 19.2 Å². The van der Waals surface area contributed by atoms with Gasteiger partial charge in [-0.25, -0.2) is 9.78 Å². The number of benzene rings is 3. The van der Waals surface area contributed by atoms with Gasteiger partial charge < -0.3 is 4.74 Å². The number of methoxy groups -OCH3 is 1. The van der Waals surface area contributed by atoms with Crippen molar-refractivity contribution in [2.45, 2.75) is 20.4 Å². The Morgan fingerprint density at radius 3 is 2.61 bits per heavy atom. The number of ether oxygens (including phenoxy) is 1. The molecule has 7 nitrogen and oxygen atoms in total. The molecule has 0 saturated heterocycles. The molecule has 2 heterocycles. The Kier molecular flexibility index (Phi) is 5.01. The SMILES string of the molecule is COc1cccc(-c2nc3c4ccccc4n(CC(=O)c4ccc(C)cc4C)c(=O)n3n2)c1. The first kappa shape index (κ1) is 20.6. The maximum absolute atomic E-state index is 13.5. The third kappa shape index (κ3) is 3.57. The van der Waals surface area contributed by atoms with Gasteiger partial charge in [-0.1, -0.05) is 48.0 Å². The molecule has 33 heavy (non-hydrogen) atoms. The summed E-state index contributed by atoms with van der Waals surface area (Å²) in [6.45, 7) is 3.80. The van der Waals surface area contributed by atoms with Crippen LogP contribution in [0.2, 0.25) is 0 Å². The van der Waals surface area contributed by atoms with Gasteiger partial charge in [0, 0.05) is 16.5 Å². The molecular weight excluding hydrogens is 416 g/mol. The molecular formula is C26H22N4O3. The van der Waals surface area contributed by atoms with Gasteiger partial charge in [-0.05, 0) is 43.7 Å². The molecule has 0 spiro atoms. The maximum Gasteiger partial charge on any atom is 0.351 e. The highest BCUT2D eigenvalue weighted by Crippen LogP contribution is 2.24. The number of nitrogens with zero attached hydrogens (tertiary/aromatic N) is 4. The molecule has 0 N–H and O–H groups in total. The largest absolute Gasteiger partial charge is 0.497 e. The Labute approximate surface area is 189 Å². The van der Waals surface area contributed by atoms with Gasteiger partial charge in [0.25, 0.3) is 0 Å². The second kappa shape index (κ2) is 8.02. The summed E-state index contributed by atoms with van der Waals surface area (Å²) in [4.78, 5) is 31.3. The number of hydrogen-bond donors (Lipinski definition) is 0. The van der Waals surface area contributed by atoms with E-state index in [4.69, 9.17) is 4.74 Å². The first-order chi connectivity index (χ1) is 16.0. The van der Waals surface area contributed by atoms with Crippen molar-refractivity contribution in [2.75, 3.05) is 7.11 Å². The Hall–Kier alpha value is -4.26. The van der Waals surface area contributed by atoms with Crippen molar-refractivity contribution < 1.29 is 9.53 Å². The van der Waals surface area contributed by atoms with Crippen molar-refractivity contribution in [1.82, 2.24) is 19.2 Å². The maximum atomic E-state index is 13.5. The van der Waals surface area contributed by atoms with Crippen molar-refractivity contribution in [2.24, 2.45) is 0 Å². The van der Waals surface area contributed by atoms with Crippen LogP contribution in [0, 0.1) is 13.8 Å². The van der Waals surface area contributed by atoms with Gasteiger partial charge in [0.1, 0.15) is 5.75 Å². The Morgan fingerprint density at radius 1 is 1.00 bits per heavy atom. The van der Waals surface area contributed by atoms with E-state index < -0.39 is 5.69 Å². The van der Waals surface area contributed by atoms with Crippen LogP contribution in [0.4, 0.5) is 0 Å². The minimum Gasteiger partial charge on any atom is -0.497 e. The van der Waals surface area contributed by atoms with Crippen LogP contribution in [0.15, 0.2) is 71.5 Å². The smallest absolute Gasteiger partial charge is 0.351 e. The number of Topliss-reactive ketones (excluding diaryl/α,β-unsaturated/α-hetero) is 1. The molecule has 0 aliphatic rings. The van der Waals surface area contributed by atoms with Crippen molar-refractivity contribution in [3.8, 4) is 17.1 Å². The van der Waals surface area contributed by atoms with Crippen molar-refractivity contribution in [3.05, 3.63) is 93.9 Å². The fraction of sp³-hybridized carbons (Fsp3) is 0.154. The highest BCUT2D eigenvalue weighted by atomic mass is 16.5.